The maximum atomic E-state index is 13.2. The van der Waals surface area contributed by atoms with Crippen molar-refractivity contribution in [1.82, 2.24) is 9.21 Å². The molecule has 1 N–H and O–H groups in total. The van der Waals surface area contributed by atoms with Crippen LogP contribution < -0.4 is 15.0 Å². The van der Waals surface area contributed by atoms with Crippen molar-refractivity contribution in [3.63, 3.8) is 0 Å². The molecule has 1 amide bonds. The second kappa shape index (κ2) is 13.6. The molecule has 2 aromatic carbocycles. The molecule has 0 aliphatic carbocycles. The molecule has 216 valence electrons. The fraction of sp³-hybridized carbons (Fsp3) is 0.567. The Morgan fingerprint density at radius 2 is 1.64 bits per heavy atom. The number of carbonyl (C=O) groups excluding carboxylic acids is 1. The fourth-order valence-electron chi connectivity index (χ4n) is 5.49. The van der Waals surface area contributed by atoms with Crippen LogP contribution in [0.1, 0.15) is 49.8 Å². The largest absolute Gasteiger partial charge is 0.497 e. The second-order valence-corrected chi connectivity index (χ2v) is 12.6. The highest BCUT2D eigenvalue weighted by atomic mass is 32.2. The number of hydrogen-bond donors (Lipinski definition) is 1. The van der Waals surface area contributed by atoms with Gasteiger partial charge in [-0.1, -0.05) is 13.8 Å². The molecule has 1 saturated heterocycles. The molecule has 39 heavy (non-hydrogen) atoms. The lowest BCUT2D eigenvalue weighted by atomic mass is 9.95. The Bertz CT molecular complexity index is 1210. The zero-order valence-corrected chi connectivity index (χ0v) is 25.5. The number of amides is 1. The van der Waals surface area contributed by atoms with Gasteiger partial charge in [-0.3, -0.25) is 4.79 Å². The highest BCUT2D eigenvalue weighted by Gasteiger charge is 2.26. The van der Waals surface area contributed by atoms with Crippen LogP contribution in [0.2, 0.25) is 0 Å². The van der Waals surface area contributed by atoms with Crippen molar-refractivity contribution < 1.29 is 17.9 Å². The van der Waals surface area contributed by atoms with Crippen LogP contribution in [-0.4, -0.2) is 77.0 Å². The number of piperidine rings is 1. The molecule has 0 radical (unpaired) electrons. The highest BCUT2D eigenvalue weighted by Crippen LogP contribution is 2.30. The van der Waals surface area contributed by atoms with Gasteiger partial charge in [0.25, 0.3) is 0 Å². The molecule has 3 rings (SSSR count). The lowest BCUT2D eigenvalue weighted by Crippen LogP contribution is -2.39. The van der Waals surface area contributed by atoms with Gasteiger partial charge in [0.15, 0.2) is 0 Å². The molecule has 0 bridgehead atoms. The maximum Gasteiger partial charge on any atom is 0.243 e. The summed E-state index contributed by atoms with van der Waals surface area (Å²) in [5.41, 5.74) is 4.30. The number of benzene rings is 2. The molecule has 1 fully saturated rings. The molecule has 0 saturated carbocycles. The number of methoxy groups -OCH3 is 1. The van der Waals surface area contributed by atoms with Crippen LogP contribution in [0, 0.1) is 26.7 Å². The topological polar surface area (TPSA) is 82.2 Å². The predicted molar refractivity (Wildman–Crippen MR) is 159 cm³/mol. The summed E-state index contributed by atoms with van der Waals surface area (Å²) in [4.78, 5) is 17.9. The van der Waals surface area contributed by atoms with Gasteiger partial charge in [-0.2, -0.15) is 0 Å². The number of hydrogen-bond acceptors (Lipinski definition) is 6. The smallest absolute Gasteiger partial charge is 0.243 e. The Balaban J connectivity index is 1.55. The van der Waals surface area contributed by atoms with Crippen molar-refractivity contribution in [2.24, 2.45) is 5.92 Å². The zero-order chi connectivity index (χ0) is 28.7. The van der Waals surface area contributed by atoms with E-state index in [9.17, 15) is 13.2 Å². The SMILES string of the molecule is CCN(CC)CC1CCN(c2ccc(NC(=O)CCN(C)S(=O)(=O)c3c(C)cc(OC)cc3C)cc2C)CC1. The van der Waals surface area contributed by atoms with Crippen molar-refractivity contribution in [1.29, 1.82) is 0 Å². The summed E-state index contributed by atoms with van der Waals surface area (Å²) < 4.78 is 32.9. The van der Waals surface area contributed by atoms with Crippen LogP contribution in [-0.2, 0) is 14.8 Å². The van der Waals surface area contributed by atoms with E-state index in [-0.39, 0.29) is 23.8 Å². The van der Waals surface area contributed by atoms with Crippen LogP contribution in [0.4, 0.5) is 11.4 Å². The number of carbonyl (C=O) groups is 1. The number of ether oxygens (including phenoxy) is 1. The number of sulfonamides is 1. The molecular formula is C30H46N4O4S. The van der Waals surface area contributed by atoms with Gasteiger partial charge in [0, 0.05) is 51.0 Å². The normalized spacial score (nSPS) is 14.7. The number of rotatable bonds is 12. The average molecular weight is 559 g/mol. The zero-order valence-electron chi connectivity index (χ0n) is 24.7. The average Bonchev–Trinajstić information content (AvgIpc) is 2.90. The summed E-state index contributed by atoms with van der Waals surface area (Å²) in [5.74, 6) is 1.15. The van der Waals surface area contributed by atoms with Crippen LogP contribution in [0.5, 0.6) is 5.75 Å². The molecular weight excluding hydrogens is 512 g/mol. The van der Waals surface area contributed by atoms with Crippen molar-refractivity contribution in [3.8, 4) is 5.75 Å². The first-order chi connectivity index (χ1) is 18.5. The molecule has 8 nitrogen and oxygen atoms in total. The Labute approximate surface area is 235 Å². The molecule has 0 atom stereocenters. The van der Waals surface area contributed by atoms with E-state index in [1.165, 1.54) is 36.4 Å². The minimum absolute atomic E-state index is 0.0603. The lowest BCUT2D eigenvalue weighted by molar-refractivity contribution is -0.116. The number of anilines is 2. The van der Waals surface area contributed by atoms with Gasteiger partial charge >= 0.3 is 0 Å². The molecule has 1 aliphatic heterocycles. The lowest BCUT2D eigenvalue weighted by Gasteiger charge is -2.36. The number of aryl methyl sites for hydroxylation is 3. The van der Waals surface area contributed by atoms with Crippen LogP contribution in [0.15, 0.2) is 35.2 Å². The summed E-state index contributed by atoms with van der Waals surface area (Å²) in [6.07, 6.45) is 2.45. The van der Waals surface area contributed by atoms with Gasteiger partial charge in [0.2, 0.25) is 15.9 Å². The van der Waals surface area contributed by atoms with E-state index < -0.39 is 10.0 Å². The Morgan fingerprint density at radius 1 is 1.03 bits per heavy atom. The van der Waals surface area contributed by atoms with E-state index in [1.54, 1.807) is 33.1 Å². The maximum absolute atomic E-state index is 13.2. The standard InChI is InChI=1S/C30H46N4O4S/c1-8-33(9-2)21-25-12-16-34(17-13-25)28-11-10-26(18-22(28)3)31-29(35)14-15-32(6)39(36,37)30-23(4)19-27(38-7)20-24(30)5/h10-11,18-20,25H,8-9,12-17,21H2,1-7H3,(H,31,35). The van der Waals surface area contributed by atoms with Gasteiger partial charge in [-0.05, 0) is 99.6 Å². The Kier molecular flexibility index (Phi) is 10.8. The van der Waals surface area contributed by atoms with Gasteiger partial charge in [0.05, 0.1) is 12.0 Å². The van der Waals surface area contributed by atoms with E-state index >= 15 is 0 Å². The van der Waals surface area contributed by atoms with Gasteiger partial charge in [0.1, 0.15) is 5.75 Å². The van der Waals surface area contributed by atoms with Gasteiger partial charge in [-0.15, -0.1) is 0 Å². The molecule has 0 aromatic heterocycles. The molecule has 0 spiro atoms. The summed E-state index contributed by atoms with van der Waals surface area (Å²) in [6, 6.07) is 9.44. The second-order valence-electron chi connectivity index (χ2n) is 10.6. The predicted octanol–water partition coefficient (Wildman–Crippen LogP) is 4.83. The first-order valence-corrected chi connectivity index (χ1v) is 15.4. The van der Waals surface area contributed by atoms with Crippen molar-refractivity contribution in [3.05, 3.63) is 47.0 Å². The molecule has 1 heterocycles. The summed E-state index contributed by atoms with van der Waals surface area (Å²) in [6.45, 7) is 15.6. The number of nitrogens with zero attached hydrogens (tertiary/aromatic N) is 3. The van der Waals surface area contributed by atoms with Crippen molar-refractivity contribution >= 4 is 27.3 Å². The number of nitrogens with one attached hydrogen (secondary N) is 1. The van der Waals surface area contributed by atoms with Crippen molar-refractivity contribution in [2.45, 2.75) is 58.8 Å². The monoisotopic (exact) mass is 558 g/mol. The van der Waals surface area contributed by atoms with Gasteiger partial charge in [-0.25, -0.2) is 12.7 Å². The third-order valence-corrected chi connectivity index (χ3v) is 10.0. The summed E-state index contributed by atoms with van der Waals surface area (Å²) in [7, 11) is -0.678. The van der Waals surface area contributed by atoms with Crippen LogP contribution in [0.3, 0.4) is 0 Å². The van der Waals surface area contributed by atoms with Crippen LogP contribution in [0.25, 0.3) is 0 Å². The molecule has 2 aromatic rings. The van der Waals surface area contributed by atoms with E-state index in [1.807, 2.05) is 12.1 Å². The minimum Gasteiger partial charge on any atom is -0.497 e. The van der Waals surface area contributed by atoms with E-state index in [0.717, 1.165) is 43.3 Å². The molecule has 0 unspecified atom stereocenters. The summed E-state index contributed by atoms with van der Waals surface area (Å²) >= 11 is 0. The molecule has 9 heteroatoms. The van der Waals surface area contributed by atoms with E-state index in [0.29, 0.717) is 16.9 Å². The van der Waals surface area contributed by atoms with Crippen molar-refractivity contribution in [2.75, 3.05) is 63.6 Å². The van der Waals surface area contributed by atoms with Crippen LogP contribution >= 0.6 is 0 Å². The first-order valence-electron chi connectivity index (χ1n) is 14.0. The van der Waals surface area contributed by atoms with Gasteiger partial charge < -0.3 is 19.9 Å². The Morgan fingerprint density at radius 3 is 2.18 bits per heavy atom. The van der Waals surface area contributed by atoms with E-state index in [4.69, 9.17) is 4.74 Å². The highest BCUT2D eigenvalue weighted by molar-refractivity contribution is 7.89. The first kappa shape index (κ1) is 30.9. The third-order valence-electron chi connectivity index (χ3n) is 7.84. The third kappa shape index (κ3) is 7.74. The summed E-state index contributed by atoms with van der Waals surface area (Å²) in [5, 5.41) is 2.94. The minimum atomic E-state index is -3.74. The quantitative estimate of drug-likeness (QED) is 0.402. The molecule has 1 aliphatic rings. The van der Waals surface area contributed by atoms with E-state index in [2.05, 4.69) is 42.0 Å². The fourth-order valence-corrected chi connectivity index (χ4v) is 7.06. The Hall–Kier alpha value is -2.62.